The number of nitrogens with zero attached hydrogens (tertiary/aromatic N) is 3. The molecule has 1 aliphatic rings. The minimum absolute atomic E-state index is 0.115. The Balaban J connectivity index is 1.23. The topological polar surface area (TPSA) is 38.8 Å². The smallest absolute Gasteiger partial charge is 0.238 e. The van der Waals surface area contributed by atoms with Crippen LogP contribution in [0, 0.1) is 5.82 Å². The van der Waals surface area contributed by atoms with E-state index >= 15 is 0 Å². The van der Waals surface area contributed by atoms with Crippen molar-refractivity contribution in [2.45, 2.75) is 13.1 Å². The summed E-state index contributed by atoms with van der Waals surface area (Å²) in [7, 11) is 1.81. The molecule has 0 aromatic heterocycles. The first-order chi connectivity index (χ1) is 16.1. The summed E-state index contributed by atoms with van der Waals surface area (Å²) in [5, 5.41) is 2.94. The van der Waals surface area contributed by atoms with E-state index in [1.54, 1.807) is 23.1 Å². The molecule has 3 aromatic rings. The van der Waals surface area contributed by atoms with Gasteiger partial charge in [0, 0.05) is 56.2 Å². The van der Waals surface area contributed by atoms with Gasteiger partial charge in [-0.05, 0) is 42.9 Å². The van der Waals surface area contributed by atoms with Gasteiger partial charge in [-0.1, -0.05) is 48.5 Å². The number of hydrogen-bond acceptors (Lipinski definition) is 4. The Bertz CT molecular complexity index is 1030. The molecule has 1 heterocycles. The van der Waals surface area contributed by atoms with Gasteiger partial charge in [-0.3, -0.25) is 14.6 Å². The highest BCUT2D eigenvalue weighted by molar-refractivity contribution is 5.92. The van der Waals surface area contributed by atoms with Crippen LogP contribution in [0.2, 0.25) is 0 Å². The minimum atomic E-state index is -0.249. The van der Waals surface area contributed by atoms with Crippen molar-refractivity contribution >= 4 is 17.3 Å². The largest absolute Gasteiger partial charge is 0.369 e. The second kappa shape index (κ2) is 11.1. The Morgan fingerprint density at radius 1 is 0.909 bits per heavy atom. The van der Waals surface area contributed by atoms with Crippen molar-refractivity contribution in [2.75, 3.05) is 50.0 Å². The van der Waals surface area contributed by atoms with Gasteiger partial charge in [0.05, 0.1) is 6.54 Å². The van der Waals surface area contributed by atoms with Gasteiger partial charge in [-0.25, -0.2) is 4.39 Å². The third kappa shape index (κ3) is 6.63. The molecule has 0 aliphatic carbocycles. The molecule has 33 heavy (non-hydrogen) atoms. The van der Waals surface area contributed by atoms with Crippen LogP contribution in [0.4, 0.5) is 15.8 Å². The minimum Gasteiger partial charge on any atom is -0.369 e. The van der Waals surface area contributed by atoms with Gasteiger partial charge in [-0.15, -0.1) is 0 Å². The first-order valence-electron chi connectivity index (χ1n) is 11.4. The van der Waals surface area contributed by atoms with Crippen LogP contribution in [0.15, 0.2) is 78.9 Å². The van der Waals surface area contributed by atoms with E-state index in [9.17, 15) is 9.18 Å². The van der Waals surface area contributed by atoms with Crippen LogP contribution in [-0.2, 0) is 17.9 Å². The number of rotatable bonds is 8. The lowest BCUT2D eigenvalue weighted by atomic mass is 10.2. The SMILES string of the molecule is CN(CC(=O)Nc1ccc(N2CCN(Cc3ccccc3)CC2)cc1)Cc1ccccc1F. The Morgan fingerprint density at radius 3 is 2.27 bits per heavy atom. The van der Waals surface area contributed by atoms with E-state index in [1.165, 1.54) is 17.3 Å². The maximum absolute atomic E-state index is 13.8. The number of nitrogens with one attached hydrogen (secondary N) is 1. The molecule has 172 valence electrons. The molecule has 0 spiro atoms. The van der Waals surface area contributed by atoms with Crippen molar-refractivity contribution in [3.63, 3.8) is 0 Å². The standard InChI is InChI=1S/C27H31FN4O/c1-30(20-23-9-5-6-10-26(23)28)21-27(33)29-24-11-13-25(14-12-24)32-17-15-31(16-18-32)19-22-7-3-2-4-8-22/h2-14H,15-21H2,1H3,(H,29,33). The molecule has 0 saturated carbocycles. The number of piperazine rings is 1. The molecular formula is C27H31FN4O. The van der Waals surface area contributed by atoms with E-state index < -0.39 is 0 Å². The molecule has 5 nitrogen and oxygen atoms in total. The van der Waals surface area contributed by atoms with Crippen molar-refractivity contribution in [1.82, 2.24) is 9.80 Å². The van der Waals surface area contributed by atoms with Crippen LogP contribution >= 0.6 is 0 Å². The van der Waals surface area contributed by atoms with Crippen molar-refractivity contribution in [2.24, 2.45) is 0 Å². The summed E-state index contributed by atoms with van der Waals surface area (Å²) in [5.41, 5.74) is 3.88. The molecule has 0 unspecified atom stereocenters. The summed E-state index contributed by atoms with van der Waals surface area (Å²) in [4.78, 5) is 19.1. The molecule has 1 saturated heterocycles. The highest BCUT2D eigenvalue weighted by atomic mass is 19.1. The second-order valence-electron chi connectivity index (χ2n) is 8.61. The number of benzene rings is 3. The Kier molecular flexibility index (Phi) is 7.70. The summed E-state index contributed by atoms with van der Waals surface area (Å²) in [6.07, 6.45) is 0. The van der Waals surface area contributed by atoms with Crippen LogP contribution in [0.25, 0.3) is 0 Å². The first kappa shape index (κ1) is 23.0. The summed E-state index contributed by atoms with van der Waals surface area (Å²) in [6, 6.07) is 25.2. The van der Waals surface area contributed by atoms with Gasteiger partial charge >= 0.3 is 0 Å². The van der Waals surface area contributed by atoms with Crippen LogP contribution in [0.3, 0.4) is 0 Å². The predicted molar refractivity (Wildman–Crippen MR) is 132 cm³/mol. The number of anilines is 2. The van der Waals surface area contributed by atoms with Crippen LogP contribution in [-0.4, -0.2) is 55.5 Å². The van der Waals surface area contributed by atoms with Gasteiger partial charge in [0.25, 0.3) is 0 Å². The molecule has 1 fully saturated rings. The molecule has 1 amide bonds. The van der Waals surface area contributed by atoms with E-state index in [0.29, 0.717) is 12.1 Å². The maximum Gasteiger partial charge on any atom is 0.238 e. The molecule has 0 radical (unpaired) electrons. The fraction of sp³-hybridized carbons (Fsp3) is 0.296. The molecule has 6 heteroatoms. The van der Waals surface area contributed by atoms with E-state index in [4.69, 9.17) is 0 Å². The average molecular weight is 447 g/mol. The van der Waals surface area contributed by atoms with Crippen molar-refractivity contribution in [3.05, 3.63) is 95.8 Å². The third-order valence-corrected chi connectivity index (χ3v) is 5.95. The Hall–Kier alpha value is -3.22. The number of halogens is 1. The molecule has 0 bridgehead atoms. The molecule has 1 aliphatic heterocycles. The van der Waals surface area contributed by atoms with Gasteiger partial charge < -0.3 is 10.2 Å². The molecule has 4 rings (SSSR count). The number of likely N-dealkylation sites (N-methyl/N-ethyl adjacent to an activating group) is 1. The van der Waals surface area contributed by atoms with Crippen molar-refractivity contribution < 1.29 is 9.18 Å². The summed E-state index contributed by atoms with van der Waals surface area (Å²) in [6.45, 7) is 5.60. The van der Waals surface area contributed by atoms with E-state index in [-0.39, 0.29) is 18.3 Å². The lowest BCUT2D eigenvalue weighted by Gasteiger charge is -2.36. The molecule has 1 N–H and O–H groups in total. The fourth-order valence-corrected chi connectivity index (χ4v) is 4.18. The Labute approximate surface area is 195 Å². The zero-order chi connectivity index (χ0) is 23.0. The summed E-state index contributed by atoms with van der Waals surface area (Å²) in [5.74, 6) is -0.364. The number of amides is 1. The van der Waals surface area contributed by atoms with E-state index in [2.05, 4.69) is 57.6 Å². The summed E-state index contributed by atoms with van der Waals surface area (Å²) >= 11 is 0. The normalized spacial score (nSPS) is 14.5. The zero-order valence-electron chi connectivity index (χ0n) is 19.1. The Morgan fingerprint density at radius 2 is 1.58 bits per heavy atom. The van der Waals surface area contributed by atoms with Crippen molar-refractivity contribution in [3.8, 4) is 0 Å². The monoisotopic (exact) mass is 446 g/mol. The summed E-state index contributed by atoms with van der Waals surface area (Å²) < 4.78 is 13.8. The van der Waals surface area contributed by atoms with Gasteiger partial charge in [-0.2, -0.15) is 0 Å². The highest BCUT2D eigenvalue weighted by Crippen LogP contribution is 2.20. The quantitative estimate of drug-likeness (QED) is 0.562. The highest BCUT2D eigenvalue weighted by Gasteiger charge is 2.17. The molecule has 3 aromatic carbocycles. The number of carbonyl (C=O) groups excluding carboxylic acids is 1. The van der Waals surface area contributed by atoms with Crippen LogP contribution < -0.4 is 10.2 Å². The molecule has 0 atom stereocenters. The average Bonchev–Trinajstić information content (AvgIpc) is 2.82. The van der Waals surface area contributed by atoms with Crippen molar-refractivity contribution in [1.29, 1.82) is 0 Å². The maximum atomic E-state index is 13.8. The third-order valence-electron chi connectivity index (χ3n) is 5.95. The fourth-order valence-electron chi connectivity index (χ4n) is 4.18. The van der Waals surface area contributed by atoms with E-state index in [0.717, 1.165) is 38.4 Å². The van der Waals surface area contributed by atoms with Gasteiger partial charge in [0.15, 0.2) is 0 Å². The van der Waals surface area contributed by atoms with Gasteiger partial charge in [0.1, 0.15) is 5.82 Å². The van der Waals surface area contributed by atoms with Crippen LogP contribution in [0.5, 0.6) is 0 Å². The predicted octanol–water partition coefficient (Wildman–Crippen LogP) is 4.22. The van der Waals surface area contributed by atoms with Gasteiger partial charge in [0.2, 0.25) is 5.91 Å². The van der Waals surface area contributed by atoms with Crippen LogP contribution in [0.1, 0.15) is 11.1 Å². The molecular weight excluding hydrogens is 415 g/mol. The van der Waals surface area contributed by atoms with E-state index in [1.807, 2.05) is 19.2 Å². The number of carbonyl (C=O) groups is 1. The number of hydrogen-bond donors (Lipinski definition) is 1. The lowest BCUT2D eigenvalue weighted by Crippen LogP contribution is -2.45. The zero-order valence-corrected chi connectivity index (χ0v) is 19.1. The second-order valence-corrected chi connectivity index (χ2v) is 8.61. The first-order valence-corrected chi connectivity index (χ1v) is 11.4. The lowest BCUT2D eigenvalue weighted by molar-refractivity contribution is -0.117.